The molecule has 0 radical (unpaired) electrons. The molecule has 0 bridgehead atoms. The molecule has 0 aromatic carbocycles. The maximum atomic E-state index is 11.9. The minimum atomic E-state index is -0.0394. The monoisotopic (exact) mass is 238 g/mol. The van der Waals surface area contributed by atoms with Gasteiger partial charge in [-0.15, -0.1) is 5.10 Å². The van der Waals surface area contributed by atoms with E-state index in [2.05, 4.69) is 10.3 Å². The number of carbonyl (C=O) groups is 2. The smallest absolute Gasteiger partial charge is 0.244 e. The zero-order valence-electron chi connectivity index (χ0n) is 9.57. The summed E-state index contributed by atoms with van der Waals surface area (Å²) in [4.78, 5) is 24.1. The topological polar surface area (TPSA) is 77.3 Å². The molecule has 1 atom stereocenters. The minimum absolute atomic E-state index is 0.0394. The lowest BCUT2D eigenvalue weighted by Gasteiger charge is -2.31. The van der Waals surface area contributed by atoms with Gasteiger partial charge in [0.05, 0.1) is 18.9 Å². The quantitative estimate of drug-likeness (QED) is 0.653. The first-order valence-electron chi connectivity index (χ1n) is 5.43. The van der Waals surface area contributed by atoms with Crippen LogP contribution in [-0.4, -0.2) is 57.9 Å². The predicted octanol–water partition coefficient (Wildman–Crippen LogP) is -0.662. The summed E-state index contributed by atoms with van der Waals surface area (Å²) in [6.45, 7) is 3.78. The van der Waals surface area contributed by atoms with Crippen LogP contribution in [-0.2, 0) is 16.1 Å². The van der Waals surface area contributed by atoms with Gasteiger partial charge in [0.2, 0.25) is 5.91 Å². The zero-order valence-corrected chi connectivity index (χ0v) is 9.57. The van der Waals surface area contributed by atoms with Gasteiger partial charge in [-0.3, -0.25) is 9.59 Å². The molecule has 17 heavy (non-hydrogen) atoms. The number of morpholine rings is 1. The highest BCUT2D eigenvalue weighted by atomic mass is 16.5. The predicted molar refractivity (Wildman–Crippen MR) is 57.4 cm³/mol. The SMILES string of the molecule is CC1CN(C(=O)Cn2cc(C=O)nn2)CCO1. The second kappa shape index (κ2) is 5.05. The number of amides is 1. The molecular weight excluding hydrogens is 224 g/mol. The van der Waals surface area contributed by atoms with Crippen molar-refractivity contribution in [3.8, 4) is 0 Å². The van der Waals surface area contributed by atoms with Gasteiger partial charge in [-0.1, -0.05) is 5.21 Å². The molecule has 1 aliphatic heterocycles. The molecule has 1 fully saturated rings. The van der Waals surface area contributed by atoms with Crippen molar-refractivity contribution in [2.75, 3.05) is 19.7 Å². The Morgan fingerprint density at radius 3 is 3.18 bits per heavy atom. The van der Waals surface area contributed by atoms with Crippen molar-refractivity contribution in [2.45, 2.75) is 19.6 Å². The van der Waals surface area contributed by atoms with E-state index < -0.39 is 0 Å². The summed E-state index contributed by atoms with van der Waals surface area (Å²) in [5, 5.41) is 7.29. The lowest BCUT2D eigenvalue weighted by Crippen LogP contribution is -2.45. The Bertz CT molecular complexity index is 417. The van der Waals surface area contributed by atoms with Gasteiger partial charge in [0.15, 0.2) is 6.29 Å². The van der Waals surface area contributed by atoms with Crippen molar-refractivity contribution in [2.24, 2.45) is 0 Å². The van der Waals surface area contributed by atoms with Crippen molar-refractivity contribution < 1.29 is 14.3 Å². The highest BCUT2D eigenvalue weighted by Crippen LogP contribution is 2.05. The van der Waals surface area contributed by atoms with E-state index in [-0.39, 0.29) is 24.2 Å². The van der Waals surface area contributed by atoms with Gasteiger partial charge < -0.3 is 9.64 Å². The Balaban J connectivity index is 1.94. The van der Waals surface area contributed by atoms with Crippen LogP contribution in [0.2, 0.25) is 0 Å². The van der Waals surface area contributed by atoms with E-state index in [9.17, 15) is 9.59 Å². The number of aromatic nitrogens is 3. The van der Waals surface area contributed by atoms with Gasteiger partial charge >= 0.3 is 0 Å². The minimum Gasteiger partial charge on any atom is -0.375 e. The van der Waals surface area contributed by atoms with E-state index in [0.717, 1.165) is 0 Å². The largest absolute Gasteiger partial charge is 0.375 e. The molecule has 92 valence electrons. The maximum absolute atomic E-state index is 11.9. The fourth-order valence-corrected chi connectivity index (χ4v) is 1.73. The first-order valence-corrected chi connectivity index (χ1v) is 5.43. The van der Waals surface area contributed by atoms with Crippen LogP contribution in [0.4, 0.5) is 0 Å². The maximum Gasteiger partial charge on any atom is 0.244 e. The molecule has 0 spiro atoms. The van der Waals surface area contributed by atoms with Crippen LogP contribution in [0.5, 0.6) is 0 Å². The average Bonchev–Trinajstić information content (AvgIpc) is 2.77. The number of hydrogen-bond acceptors (Lipinski definition) is 5. The van der Waals surface area contributed by atoms with E-state index in [1.54, 1.807) is 4.90 Å². The van der Waals surface area contributed by atoms with E-state index in [4.69, 9.17) is 4.74 Å². The fraction of sp³-hybridized carbons (Fsp3) is 0.600. The number of hydrogen-bond donors (Lipinski definition) is 0. The van der Waals surface area contributed by atoms with Gasteiger partial charge in [0.1, 0.15) is 12.2 Å². The molecule has 1 amide bonds. The fourth-order valence-electron chi connectivity index (χ4n) is 1.73. The van der Waals surface area contributed by atoms with Gasteiger partial charge in [0, 0.05) is 13.1 Å². The second-order valence-electron chi connectivity index (χ2n) is 3.98. The molecule has 7 nitrogen and oxygen atoms in total. The molecule has 2 rings (SSSR count). The molecule has 0 N–H and O–H groups in total. The Hall–Kier alpha value is -1.76. The van der Waals surface area contributed by atoms with Crippen molar-refractivity contribution in [3.05, 3.63) is 11.9 Å². The third-order valence-corrected chi connectivity index (χ3v) is 2.57. The van der Waals surface area contributed by atoms with Crippen LogP contribution < -0.4 is 0 Å². The van der Waals surface area contributed by atoms with E-state index >= 15 is 0 Å². The van der Waals surface area contributed by atoms with E-state index in [1.165, 1.54) is 10.9 Å². The van der Waals surface area contributed by atoms with Crippen molar-refractivity contribution in [1.29, 1.82) is 0 Å². The summed E-state index contributed by atoms with van der Waals surface area (Å²) in [7, 11) is 0. The first-order chi connectivity index (χ1) is 8.19. The lowest BCUT2D eigenvalue weighted by atomic mass is 10.3. The molecule has 1 aromatic rings. The molecule has 7 heteroatoms. The van der Waals surface area contributed by atoms with E-state index in [0.29, 0.717) is 26.0 Å². The van der Waals surface area contributed by atoms with Crippen LogP contribution in [0, 0.1) is 0 Å². The van der Waals surface area contributed by atoms with Gasteiger partial charge in [-0.25, -0.2) is 4.68 Å². The molecule has 0 aliphatic carbocycles. The lowest BCUT2D eigenvalue weighted by molar-refractivity contribution is -0.139. The standard InChI is InChI=1S/C10H14N4O3/c1-8-4-13(2-3-17-8)10(16)6-14-5-9(7-15)11-12-14/h5,7-8H,2-4,6H2,1H3. The van der Waals surface area contributed by atoms with Crippen molar-refractivity contribution >= 4 is 12.2 Å². The summed E-state index contributed by atoms with van der Waals surface area (Å²) in [5.74, 6) is -0.0394. The van der Waals surface area contributed by atoms with Crippen molar-refractivity contribution in [1.82, 2.24) is 19.9 Å². The summed E-state index contributed by atoms with van der Waals surface area (Å²) >= 11 is 0. The molecular formula is C10H14N4O3. The second-order valence-corrected chi connectivity index (χ2v) is 3.98. The number of carbonyl (C=O) groups excluding carboxylic acids is 2. The van der Waals surface area contributed by atoms with Crippen LogP contribution in [0.15, 0.2) is 6.20 Å². The molecule has 1 aliphatic rings. The summed E-state index contributed by atoms with van der Waals surface area (Å²) in [6, 6.07) is 0. The van der Waals surface area contributed by atoms with Crippen LogP contribution in [0.1, 0.15) is 17.4 Å². The average molecular weight is 238 g/mol. The van der Waals surface area contributed by atoms with Crippen molar-refractivity contribution in [3.63, 3.8) is 0 Å². The Morgan fingerprint density at radius 2 is 2.53 bits per heavy atom. The third-order valence-electron chi connectivity index (χ3n) is 2.57. The summed E-state index contributed by atoms with van der Waals surface area (Å²) in [6.07, 6.45) is 2.12. The number of nitrogens with zero attached hydrogens (tertiary/aromatic N) is 4. The molecule has 1 aromatic heterocycles. The van der Waals surface area contributed by atoms with Crippen LogP contribution in [0.25, 0.3) is 0 Å². The molecule has 0 saturated carbocycles. The molecule has 1 unspecified atom stereocenters. The highest BCUT2D eigenvalue weighted by Gasteiger charge is 2.21. The van der Waals surface area contributed by atoms with Crippen LogP contribution in [0.3, 0.4) is 0 Å². The Labute approximate surface area is 98.3 Å². The third kappa shape index (κ3) is 2.88. The Kier molecular flexibility index (Phi) is 3.48. The highest BCUT2D eigenvalue weighted by molar-refractivity contribution is 5.76. The zero-order chi connectivity index (χ0) is 12.3. The van der Waals surface area contributed by atoms with E-state index in [1.807, 2.05) is 6.92 Å². The summed E-state index contributed by atoms with van der Waals surface area (Å²) in [5.41, 5.74) is 0.230. The number of ether oxygens (including phenoxy) is 1. The Morgan fingerprint density at radius 1 is 1.71 bits per heavy atom. The number of aldehydes is 1. The summed E-state index contributed by atoms with van der Waals surface area (Å²) < 4.78 is 6.72. The molecule has 1 saturated heterocycles. The van der Waals surface area contributed by atoms with Gasteiger partial charge in [0.25, 0.3) is 0 Å². The van der Waals surface area contributed by atoms with Gasteiger partial charge in [-0.05, 0) is 6.92 Å². The molecule has 2 heterocycles. The van der Waals surface area contributed by atoms with Gasteiger partial charge in [-0.2, -0.15) is 0 Å². The number of rotatable bonds is 3. The van der Waals surface area contributed by atoms with Crippen LogP contribution >= 0.6 is 0 Å². The first kappa shape index (κ1) is 11.7. The normalized spacial score (nSPS) is 20.3.